The van der Waals surface area contributed by atoms with E-state index < -0.39 is 0 Å². The fourth-order valence-corrected chi connectivity index (χ4v) is 2.61. The van der Waals surface area contributed by atoms with Gasteiger partial charge in [-0.25, -0.2) is 4.39 Å². The topological polar surface area (TPSA) is 12.0 Å². The molecular weight excluding hydrogens is 292 g/mol. The Kier molecular flexibility index (Phi) is 3.38. The number of piperidine rings is 1. The van der Waals surface area contributed by atoms with Gasteiger partial charge in [0.05, 0.1) is 0 Å². The van der Waals surface area contributed by atoms with Crippen molar-refractivity contribution in [2.75, 3.05) is 6.54 Å². The molecular formula is C11H13FIN. The average molecular weight is 305 g/mol. The fraction of sp³-hybridized carbons (Fsp3) is 0.455. The molecule has 0 aliphatic carbocycles. The molecule has 0 aromatic heterocycles. The standard InChI is InChI=1S/C11H13FIN/c12-8-4-5-10(13)9(7-8)11-3-1-2-6-14-11/h4-5,7,11,14H,1-3,6H2. The van der Waals surface area contributed by atoms with Crippen LogP contribution in [0.15, 0.2) is 18.2 Å². The second-order valence-corrected chi connectivity index (χ2v) is 4.83. The quantitative estimate of drug-likeness (QED) is 0.786. The predicted octanol–water partition coefficient (Wildman–Crippen LogP) is 3.24. The minimum Gasteiger partial charge on any atom is -0.310 e. The number of halogens is 2. The Morgan fingerprint density at radius 1 is 1.36 bits per heavy atom. The highest BCUT2D eigenvalue weighted by molar-refractivity contribution is 14.1. The fourth-order valence-electron chi connectivity index (χ4n) is 1.90. The lowest BCUT2D eigenvalue weighted by Crippen LogP contribution is -2.27. The summed E-state index contributed by atoms with van der Waals surface area (Å²) in [6, 6.07) is 5.38. The van der Waals surface area contributed by atoms with E-state index in [-0.39, 0.29) is 5.82 Å². The van der Waals surface area contributed by atoms with Crippen molar-refractivity contribution in [3.8, 4) is 0 Å². The van der Waals surface area contributed by atoms with E-state index in [1.165, 1.54) is 18.9 Å². The van der Waals surface area contributed by atoms with Gasteiger partial charge < -0.3 is 5.32 Å². The highest BCUT2D eigenvalue weighted by atomic mass is 127. The molecule has 1 nitrogen and oxygen atoms in total. The lowest BCUT2D eigenvalue weighted by atomic mass is 9.98. The molecule has 1 fully saturated rings. The average Bonchev–Trinajstić information content (AvgIpc) is 2.23. The van der Waals surface area contributed by atoms with Crippen LogP contribution in [0.5, 0.6) is 0 Å². The molecule has 14 heavy (non-hydrogen) atoms. The van der Waals surface area contributed by atoms with Crippen LogP contribution in [-0.4, -0.2) is 6.54 Å². The molecule has 0 amide bonds. The number of hydrogen-bond donors (Lipinski definition) is 1. The summed E-state index contributed by atoms with van der Waals surface area (Å²) in [7, 11) is 0. The van der Waals surface area contributed by atoms with E-state index in [1.807, 2.05) is 6.07 Å². The maximum atomic E-state index is 13.1. The van der Waals surface area contributed by atoms with Crippen LogP contribution in [0, 0.1) is 9.39 Å². The molecule has 1 aliphatic heterocycles. The third kappa shape index (κ3) is 2.25. The molecule has 0 radical (unpaired) electrons. The Morgan fingerprint density at radius 3 is 2.93 bits per heavy atom. The van der Waals surface area contributed by atoms with E-state index in [2.05, 4.69) is 27.9 Å². The summed E-state index contributed by atoms with van der Waals surface area (Å²) in [5.74, 6) is -0.132. The Bertz CT molecular complexity index is 321. The number of nitrogens with one attached hydrogen (secondary N) is 1. The molecule has 1 aromatic carbocycles. The van der Waals surface area contributed by atoms with Crippen molar-refractivity contribution in [1.82, 2.24) is 5.32 Å². The van der Waals surface area contributed by atoms with Gasteiger partial charge in [0.25, 0.3) is 0 Å². The third-order valence-corrected chi connectivity index (χ3v) is 3.63. The zero-order valence-corrected chi connectivity index (χ0v) is 10.1. The van der Waals surface area contributed by atoms with Gasteiger partial charge in [0.15, 0.2) is 0 Å². The molecule has 0 bridgehead atoms. The monoisotopic (exact) mass is 305 g/mol. The van der Waals surface area contributed by atoms with Crippen molar-refractivity contribution in [3.63, 3.8) is 0 Å². The maximum absolute atomic E-state index is 13.1. The summed E-state index contributed by atoms with van der Waals surface area (Å²) in [5.41, 5.74) is 1.12. The van der Waals surface area contributed by atoms with E-state index in [4.69, 9.17) is 0 Å². The number of benzene rings is 1. The molecule has 1 atom stereocenters. The van der Waals surface area contributed by atoms with Crippen LogP contribution in [0.4, 0.5) is 4.39 Å². The molecule has 1 aromatic rings. The van der Waals surface area contributed by atoms with Crippen LogP contribution in [0.3, 0.4) is 0 Å². The second kappa shape index (κ2) is 4.57. The van der Waals surface area contributed by atoms with Crippen molar-refractivity contribution in [1.29, 1.82) is 0 Å². The van der Waals surface area contributed by atoms with Crippen LogP contribution >= 0.6 is 22.6 Å². The van der Waals surface area contributed by atoms with Crippen molar-refractivity contribution in [2.24, 2.45) is 0 Å². The second-order valence-electron chi connectivity index (χ2n) is 3.67. The first-order chi connectivity index (χ1) is 6.77. The minimum absolute atomic E-state index is 0.132. The third-order valence-electron chi connectivity index (χ3n) is 2.64. The van der Waals surface area contributed by atoms with Gasteiger partial charge in [-0.2, -0.15) is 0 Å². The normalized spacial score (nSPS) is 22.3. The van der Waals surface area contributed by atoms with Gasteiger partial charge in [-0.1, -0.05) is 6.42 Å². The maximum Gasteiger partial charge on any atom is 0.123 e. The van der Waals surface area contributed by atoms with Gasteiger partial charge in [-0.15, -0.1) is 0 Å². The Morgan fingerprint density at radius 2 is 2.21 bits per heavy atom. The van der Waals surface area contributed by atoms with E-state index in [9.17, 15) is 4.39 Å². The van der Waals surface area contributed by atoms with Crippen LogP contribution in [-0.2, 0) is 0 Å². The summed E-state index contributed by atoms with van der Waals surface area (Å²) in [6.45, 7) is 1.05. The SMILES string of the molecule is Fc1ccc(I)c(C2CCCCN2)c1. The van der Waals surface area contributed by atoms with Crippen molar-refractivity contribution in [2.45, 2.75) is 25.3 Å². The van der Waals surface area contributed by atoms with Gasteiger partial charge in [0.2, 0.25) is 0 Å². The Balaban J connectivity index is 2.24. The van der Waals surface area contributed by atoms with Gasteiger partial charge in [0, 0.05) is 9.61 Å². The Labute approximate surface area is 97.2 Å². The van der Waals surface area contributed by atoms with Gasteiger partial charge in [0.1, 0.15) is 5.82 Å². The number of hydrogen-bond acceptors (Lipinski definition) is 1. The highest BCUT2D eigenvalue weighted by Crippen LogP contribution is 2.27. The molecule has 1 N–H and O–H groups in total. The van der Waals surface area contributed by atoms with E-state index in [1.54, 1.807) is 6.07 Å². The minimum atomic E-state index is -0.132. The van der Waals surface area contributed by atoms with Crippen molar-refractivity contribution < 1.29 is 4.39 Å². The van der Waals surface area contributed by atoms with E-state index in [0.717, 1.165) is 22.1 Å². The largest absolute Gasteiger partial charge is 0.310 e. The summed E-state index contributed by atoms with van der Waals surface area (Å²) >= 11 is 2.27. The lowest BCUT2D eigenvalue weighted by Gasteiger charge is -2.24. The summed E-state index contributed by atoms with van der Waals surface area (Å²) in [6.07, 6.45) is 3.60. The summed E-state index contributed by atoms with van der Waals surface area (Å²) in [5, 5.41) is 3.43. The van der Waals surface area contributed by atoms with E-state index in [0.29, 0.717) is 6.04 Å². The van der Waals surface area contributed by atoms with Crippen LogP contribution in [0.1, 0.15) is 30.9 Å². The van der Waals surface area contributed by atoms with Gasteiger partial charge in [-0.3, -0.25) is 0 Å². The van der Waals surface area contributed by atoms with Crippen LogP contribution < -0.4 is 5.32 Å². The first-order valence-corrected chi connectivity index (χ1v) is 6.03. The molecule has 1 heterocycles. The van der Waals surface area contributed by atoms with Gasteiger partial charge in [-0.05, 0) is 65.7 Å². The zero-order valence-electron chi connectivity index (χ0n) is 7.89. The lowest BCUT2D eigenvalue weighted by molar-refractivity contribution is 0.409. The molecule has 0 spiro atoms. The van der Waals surface area contributed by atoms with E-state index >= 15 is 0 Å². The molecule has 3 heteroatoms. The molecule has 1 aliphatic rings. The smallest absolute Gasteiger partial charge is 0.123 e. The molecule has 1 saturated heterocycles. The van der Waals surface area contributed by atoms with Crippen LogP contribution in [0.2, 0.25) is 0 Å². The van der Waals surface area contributed by atoms with Crippen molar-refractivity contribution in [3.05, 3.63) is 33.1 Å². The first-order valence-electron chi connectivity index (χ1n) is 4.96. The van der Waals surface area contributed by atoms with Crippen LogP contribution in [0.25, 0.3) is 0 Å². The summed E-state index contributed by atoms with van der Waals surface area (Å²) in [4.78, 5) is 0. The van der Waals surface area contributed by atoms with Gasteiger partial charge >= 0.3 is 0 Å². The Hall–Kier alpha value is -0.160. The first kappa shape index (κ1) is 10.4. The molecule has 76 valence electrons. The molecule has 1 unspecified atom stereocenters. The molecule has 0 saturated carbocycles. The predicted molar refractivity (Wildman–Crippen MR) is 63.7 cm³/mol. The number of rotatable bonds is 1. The summed E-state index contributed by atoms with van der Waals surface area (Å²) < 4.78 is 14.2. The van der Waals surface area contributed by atoms with Crippen molar-refractivity contribution >= 4 is 22.6 Å². The zero-order chi connectivity index (χ0) is 9.97. The molecule has 2 rings (SSSR count). The highest BCUT2D eigenvalue weighted by Gasteiger charge is 2.17.